The van der Waals surface area contributed by atoms with Crippen LogP contribution in [-0.2, 0) is 4.79 Å². The summed E-state index contributed by atoms with van der Waals surface area (Å²) >= 11 is 0. The smallest absolute Gasteiger partial charge is 0.251 e. The SMILES string of the molecule is CC/C=N\C1(N(C=O)C(CCC(C)(C)C)c2ccc(C(=O)NCC(=N)N)cc2)CCC(C(C)(C)C)CC1. The molecule has 37 heavy (non-hydrogen) atoms. The van der Waals surface area contributed by atoms with Crippen LogP contribution >= 0.6 is 0 Å². The number of nitrogens with two attached hydrogens (primary N) is 1. The number of carbonyl (C=O) groups is 2. The highest BCUT2D eigenvalue weighted by Crippen LogP contribution is 2.47. The van der Waals surface area contributed by atoms with Crippen molar-refractivity contribution in [3.05, 3.63) is 35.4 Å². The van der Waals surface area contributed by atoms with Crippen molar-refractivity contribution in [2.24, 2.45) is 27.5 Å². The van der Waals surface area contributed by atoms with Gasteiger partial charge in [-0.05, 0) is 79.4 Å². The van der Waals surface area contributed by atoms with Crippen LogP contribution < -0.4 is 11.1 Å². The largest absolute Gasteiger partial charge is 0.386 e. The van der Waals surface area contributed by atoms with Crippen LogP contribution in [0.25, 0.3) is 0 Å². The highest BCUT2D eigenvalue weighted by Gasteiger charge is 2.44. The Labute approximate surface area is 224 Å². The van der Waals surface area contributed by atoms with E-state index in [4.69, 9.17) is 16.1 Å². The second kappa shape index (κ2) is 12.7. The third-order valence-corrected chi connectivity index (χ3v) is 7.62. The van der Waals surface area contributed by atoms with E-state index in [-0.39, 0.29) is 35.2 Å². The number of aliphatic imine (C=N–C) groups is 1. The molecule has 0 aromatic heterocycles. The summed E-state index contributed by atoms with van der Waals surface area (Å²) < 4.78 is 0. The molecule has 4 N–H and O–H groups in total. The van der Waals surface area contributed by atoms with E-state index in [0.29, 0.717) is 11.5 Å². The molecule has 0 spiro atoms. The lowest BCUT2D eigenvalue weighted by Crippen LogP contribution is -2.51. The Balaban J connectivity index is 2.44. The molecule has 206 valence electrons. The Morgan fingerprint density at radius 1 is 1.19 bits per heavy atom. The fourth-order valence-corrected chi connectivity index (χ4v) is 5.29. The summed E-state index contributed by atoms with van der Waals surface area (Å²) in [6.07, 6.45) is 9.33. The lowest BCUT2D eigenvalue weighted by atomic mass is 9.69. The van der Waals surface area contributed by atoms with E-state index < -0.39 is 5.66 Å². The van der Waals surface area contributed by atoms with Crippen molar-refractivity contribution in [2.75, 3.05) is 6.54 Å². The maximum Gasteiger partial charge on any atom is 0.251 e. The molecule has 7 nitrogen and oxygen atoms in total. The van der Waals surface area contributed by atoms with Crippen LogP contribution in [0.3, 0.4) is 0 Å². The summed E-state index contributed by atoms with van der Waals surface area (Å²) in [5.74, 6) is 0.240. The summed E-state index contributed by atoms with van der Waals surface area (Å²) in [5.41, 5.74) is 6.66. The minimum Gasteiger partial charge on any atom is -0.386 e. The van der Waals surface area contributed by atoms with Gasteiger partial charge in [0.1, 0.15) is 11.5 Å². The molecule has 0 heterocycles. The van der Waals surface area contributed by atoms with Gasteiger partial charge < -0.3 is 16.0 Å². The van der Waals surface area contributed by atoms with Gasteiger partial charge in [-0.3, -0.25) is 20.0 Å². The molecule has 2 amide bonds. The van der Waals surface area contributed by atoms with E-state index in [9.17, 15) is 9.59 Å². The van der Waals surface area contributed by atoms with Crippen LogP contribution in [0.1, 0.15) is 115 Å². The number of hydrogen-bond donors (Lipinski definition) is 3. The molecule has 1 atom stereocenters. The van der Waals surface area contributed by atoms with E-state index in [0.717, 1.165) is 56.9 Å². The lowest BCUT2D eigenvalue weighted by Gasteiger charge is -2.49. The maximum atomic E-state index is 12.9. The number of carbonyl (C=O) groups excluding carboxylic acids is 2. The minimum absolute atomic E-state index is 0.0151. The molecule has 1 aromatic rings. The molecule has 0 aliphatic heterocycles. The normalized spacial score (nSPS) is 21.4. The van der Waals surface area contributed by atoms with Gasteiger partial charge in [0.2, 0.25) is 6.41 Å². The highest BCUT2D eigenvalue weighted by molar-refractivity contribution is 5.96. The average Bonchev–Trinajstić information content (AvgIpc) is 2.83. The van der Waals surface area contributed by atoms with E-state index in [2.05, 4.69) is 53.8 Å². The highest BCUT2D eigenvalue weighted by atomic mass is 16.1. The van der Waals surface area contributed by atoms with Gasteiger partial charge in [-0.25, -0.2) is 0 Å². The molecule has 0 radical (unpaired) electrons. The Morgan fingerprint density at radius 3 is 2.24 bits per heavy atom. The zero-order valence-electron chi connectivity index (χ0n) is 24.1. The van der Waals surface area contributed by atoms with Crippen LogP contribution in [-0.4, -0.2) is 41.5 Å². The average molecular weight is 512 g/mol. The molecule has 0 bridgehead atoms. The summed E-state index contributed by atoms with van der Waals surface area (Å²) in [6.45, 7) is 15.7. The van der Waals surface area contributed by atoms with Gasteiger partial charge in [0.05, 0.1) is 12.6 Å². The second-order valence-corrected chi connectivity index (χ2v) is 12.8. The maximum absolute atomic E-state index is 12.9. The Kier molecular flexibility index (Phi) is 10.5. The summed E-state index contributed by atoms with van der Waals surface area (Å²) in [6, 6.07) is 7.33. The molecule has 7 heteroatoms. The van der Waals surface area contributed by atoms with Crippen molar-refractivity contribution < 1.29 is 9.59 Å². The minimum atomic E-state index is -0.556. The quantitative estimate of drug-likeness (QED) is 0.190. The van der Waals surface area contributed by atoms with E-state index >= 15 is 0 Å². The number of amidine groups is 1. The van der Waals surface area contributed by atoms with Crippen LogP contribution in [0, 0.1) is 22.2 Å². The Bertz CT molecular complexity index is 932. The van der Waals surface area contributed by atoms with Crippen LogP contribution in [0.4, 0.5) is 0 Å². The standard InChI is InChI=1S/C30H49N5O2/c1-8-19-34-30(17-13-24(14-18-30)29(5,6)7)35(21-36)25(15-16-28(2,3)4)22-9-11-23(12-10-22)27(37)33-20-26(31)32/h9-12,19,21,24-25H,8,13-18,20H2,1-7H3,(H3,31,32)(H,33,37)/b34-19-. The van der Waals surface area contributed by atoms with Gasteiger partial charge in [-0.1, -0.05) is 60.6 Å². The predicted octanol–water partition coefficient (Wildman–Crippen LogP) is 6.09. The van der Waals surface area contributed by atoms with Gasteiger partial charge >= 0.3 is 0 Å². The third kappa shape index (κ3) is 8.68. The van der Waals surface area contributed by atoms with E-state index in [1.807, 2.05) is 23.2 Å². The number of rotatable bonds is 11. The fourth-order valence-electron chi connectivity index (χ4n) is 5.29. The topological polar surface area (TPSA) is 112 Å². The summed E-state index contributed by atoms with van der Waals surface area (Å²) in [7, 11) is 0. The lowest BCUT2D eigenvalue weighted by molar-refractivity contribution is -0.130. The zero-order valence-corrected chi connectivity index (χ0v) is 24.1. The number of nitrogens with zero attached hydrogens (tertiary/aromatic N) is 2. The van der Waals surface area contributed by atoms with Crippen molar-refractivity contribution in [3.8, 4) is 0 Å². The molecule has 0 saturated heterocycles. The van der Waals surface area contributed by atoms with E-state index in [1.54, 1.807) is 12.1 Å². The third-order valence-electron chi connectivity index (χ3n) is 7.62. The first-order valence-corrected chi connectivity index (χ1v) is 13.7. The van der Waals surface area contributed by atoms with Crippen molar-refractivity contribution in [2.45, 2.75) is 105 Å². The van der Waals surface area contributed by atoms with Crippen molar-refractivity contribution in [3.63, 3.8) is 0 Å². The molecule has 1 saturated carbocycles. The Hall–Kier alpha value is -2.70. The number of hydrogen-bond acceptors (Lipinski definition) is 4. The summed E-state index contributed by atoms with van der Waals surface area (Å²) in [5, 5.41) is 9.98. The first kappa shape index (κ1) is 30.5. The van der Waals surface area contributed by atoms with Crippen molar-refractivity contribution >= 4 is 24.4 Å². The molecule has 1 aliphatic carbocycles. The van der Waals surface area contributed by atoms with Gasteiger partial charge in [-0.2, -0.15) is 0 Å². The number of benzene rings is 1. The first-order valence-electron chi connectivity index (χ1n) is 13.7. The molecule has 2 rings (SSSR count). The second-order valence-electron chi connectivity index (χ2n) is 12.8. The number of nitrogens with one attached hydrogen (secondary N) is 2. The molecule has 1 unspecified atom stereocenters. The van der Waals surface area contributed by atoms with Crippen molar-refractivity contribution in [1.29, 1.82) is 5.41 Å². The Morgan fingerprint density at radius 2 is 1.78 bits per heavy atom. The van der Waals surface area contributed by atoms with Gasteiger partial charge in [0.15, 0.2) is 0 Å². The van der Waals surface area contributed by atoms with Crippen LogP contribution in [0.2, 0.25) is 0 Å². The molecule has 1 fully saturated rings. The van der Waals surface area contributed by atoms with Crippen molar-refractivity contribution in [1.82, 2.24) is 10.2 Å². The monoisotopic (exact) mass is 511 g/mol. The van der Waals surface area contributed by atoms with E-state index in [1.165, 1.54) is 0 Å². The number of amides is 2. The molecular formula is C30H49N5O2. The fraction of sp³-hybridized carbons (Fsp3) is 0.667. The van der Waals surface area contributed by atoms with Crippen LogP contribution in [0.15, 0.2) is 29.3 Å². The molecule has 1 aromatic carbocycles. The first-order chi connectivity index (χ1) is 17.2. The molecular weight excluding hydrogens is 462 g/mol. The van der Waals surface area contributed by atoms with Crippen LogP contribution in [0.5, 0.6) is 0 Å². The van der Waals surface area contributed by atoms with Gasteiger partial charge in [0.25, 0.3) is 5.91 Å². The van der Waals surface area contributed by atoms with Gasteiger partial charge in [-0.15, -0.1) is 0 Å². The molecule has 1 aliphatic rings. The zero-order chi connectivity index (χ0) is 27.9. The van der Waals surface area contributed by atoms with Gasteiger partial charge in [0, 0.05) is 11.8 Å². The predicted molar refractivity (Wildman–Crippen MR) is 153 cm³/mol. The summed E-state index contributed by atoms with van der Waals surface area (Å²) in [4.78, 5) is 32.4.